The minimum absolute atomic E-state index is 0.110. The molecular formula is C17H16F3N3O2S. The van der Waals surface area contributed by atoms with Gasteiger partial charge in [-0.3, -0.25) is 4.99 Å². The smallest absolute Gasteiger partial charge is 0.324 e. The molecule has 0 bridgehead atoms. The zero-order chi connectivity index (χ0) is 19.1. The summed E-state index contributed by atoms with van der Waals surface area (Å²) in [6.07, 6.45) is -4.47. The summed E-state index contributed by atoms with van der Waals surface area (Å²) in [5.41, 5.74) is 1.94. The second-order valence-electron chi connectivity index (χ2n) is 6.03. The Morgan fingerprint density at radius 1 is 1.08 bits per heavy atom. The van der Waals surface area contributed by atoms with Crippen LogP contribution in [0.1, 0.15) is 11.1 Å². The van der Waals surface area contributed by atoms with Gasteiger partial charge < -0.3 is 4.90 Å². The number of benzene rings is 2. The highest BCUT2D eigenvalue weighted by atomic mass is 32.2. The second kappa shape index (κ2) is 6.40. The van der Waals surface area contributed by atoms with Crippen LogP contribution in [0.25, 0.3) is 0 Å². The molecule has 3 rings (SSSR count). The zero-order valence-corrected chi connectivity index (χ0v) is 14.6. The topological polar surface area (TPSA) is 75.8 Å². The molecule has 0 spiro atoms. The number of aliphatic imine (C=N–C) groups is 1. The van der Waals surface area contributed by atoms with Crippen molar-refractivity contribution in [3.05, 3.63) is 59.7 Å². The molecule has 1 heterocycles. The van der Waals surface area contributed by atoms with Crippen molar-refractivity contribution < 1.29 is 21.6 Å². The summed E-state index contributed by atoms with van der Waals surface area (Å²) in [6, 6.07) is 10.5. The Morgan fingerprint density at radius 3 is 2.15 bits per heavy atom. The Balaban J connectivity index is 2.01. The molecular weight excluding hydrogens is 367 g/mol. The van der Waals surface area contributed by atoms with Crippen LogP contribution in [0.15, 0.2) is 58.4 Å². The van der Waals surface area contributed by atoms with E-state index in [1.165, 1.54) is 29.2 Å². The summed E-state index contributed by atoms with van der Waals surface area (Å²) in [5, 5.41) is 5.06. The number of hydrogen-bond donors (Lipinski definition) is 1. The molecule has 0 saturated carbocycles. The summed E-state index contributed by atoms with van der Waals surface area (Å²) >= 11 is 0. The van der Waals surface area contributed by atoms with Gasteiger partial charge in [-0.1, -0.05) is 29.8 Å². The molecule has 1 unspecified atom stereocenters. The maximum atomic E-state index is 13.2. The molecule has 2 aromatic rings. The van der Waals surface area contributed by atoms with E-state index in [0.29, 0.717) is 11.3 Å². The van der Waals surface area contributed by atoms with E-state index >= 15 is 0 Å². The number of nitrogens with zero attached hydrogens (tertiary/aromatic N) is 2. The Bertz CT molecular complexity index is 937. The molecule has 0 amide bonds. The van der Waals surface area contributed by atoms with E-state index in [4.69, 9.17) is 5.14 Å². The standard InChI is InChI=1S/C17H16F3N3O2S/c1-11-2-4-12(5-3-11)16-22-15(17(18,19)20)10-23(16)13-6-8-14(9-7-13)26(21,24)25/h2-9,15H,10H2,1H3,(H2,21,24,25). The first-order valence-electron chi connectivity index (χ1n) is 7.68. The molecule has 2 N–H and O–H groups in total. The van der Waals surface area contributed by atoms with Gasteiger partial charge in [0.05, 0.1) is 11.4 Å². The van der Waals surface area contributed by atoms with Gasteiger partial charge in [0.2, 0.25) is 10.0 Å². The Kier molecular flexibility index (Phi) is 4.53. The molecule has 138 valence electrons. The van der Waals surface area contributed by atoms with Crippen LogP contribution < -0.4 is 10.0 Å². The van der Waals surface area contributed by atoms with Gasteiger partial charge in [0, 0.05) is 11.3 Å². The number of hydrogen-bond acceptors (Lipinski definition) is 4. The molecule has 1 aliphatic rings. The number of rotatable bonds is 3. The number of anilines is 1. The molecule has 1 atom stereocenters. The first-order chi connectivity index (χ1) is 12.1. The van der Waals surface area contributed by atoms with Crippen molar-refractivity contribution in [3.8, 4) is 0 Å². The van der Waals surface area contributed by atoms with Crippen LogP contribution in [0.4, 0.5) is 18.9 Å². The normalized spacial score (nSPS) is 18.1. The zero-order valence-electron chi connectivity index (χ0n) is 13.7. The number of primary sulfonamides is 1. The van der Waals surface area contributed by atoms with E-state index in [-0.39, 0.29) is 17.3 Å². The van der Waals surface area contributed by atoms with Crippen molar-refractivity contribution in [2.24, 2.45) is 10.1 Å². The van der Waals surface area contributed by atoms with Crippen LogP contribution in [0.2, 0.25) is 0 Å². The number of aryl methyl sites for hydroxylation is 1. The molecule has 26 heavy (non-hydrogen) atoms. The van der Waals surface area contributed by atoms with Gasteiger partial charge in [0.15, 0.2) is 6.04 Å². The maximum absolute atomic E-state index is 13.2. The fraction of sp³-hybridized carbons (Fsp3) is 0.235. The largest absolute Gasteiger partial charge is 0.412 e. The molecule has 2 aromatic carbocycles. The van der Waals surface area contributed by atoms with E-state index in [1.807, 2.05) is 6.92 Å². The molecule has 5 nitrogen and oxygen atoms in total. The van der Waals surface area contributed by atoms with E-state index in [0.717, 1.165) is 5.56 Å². The minimum Gasteiger partial charge on any atom is -0.324 e. The van der Waals surface area contributed by atoms with Crippen molar-refractivity contribution in [3.63, 3.8) is 0 Å². The van der Waals surface area contributed by atoms with Crippen molar-refractivity contribution in [1.82, 2.24) is 0 Å². The van der Waals surface area contributed by atoms with Gasteiger partial charge in [-0.15, -0.1) is 0 Å². The lowest BCUT2D eigenvalue weighted by Gasteiger charge is -2.22. The lowest BCUT2D eigenvalue weighted by Crippen LogP contribution is -2.35. The van der Waals surface area contributed by atoms with Gasteiger partial charge in [0.25, 0.3) is 0 Å². The average molecular weight is 383 g/mol. The molecule has 0 saturated heterocycles. The highest BCUT2D eigenvalue weighted by Crippen LogP contribution is 2.32. The van der Waals surface area contributed by atoms with E-state index in [2.05, 4.69) is 4.99 Å². The van der Waals surface area contributed by atoms with Crippen LogP contribution in [0, 0.1) is 6.92 Å². The third kappa shape index (κ3) is 3.73. The summed E-state index contributed by atoms with van der Waals surface area (Å²) < 4.78 is 62.3. The minimum atomic E-state index is -4.47. The summed E-state index contributed by atoms with van der Waals surface area (Å²) in [4.78, 5) is 5.18. The number of halogens is 3. The van der Waals surface area contributed by atoms with E-state index < -0.39 is 22.2 Å². The highest BCUT2D eigenvalue weighted by molar-refractivity contribution is 7.89. The molecule has 0 fully saturated rings. The van der Waals surface area contributed by atoms with Gasteiger partial charge in [0.1, 0.15) is 5.84 Å². The molecule has 0 aromatic heterocycles. The molecule has 1 aliphatic heterocycles. The van der Waals surface area contributed by atoms with E-state index in [9.17, 15) is 21.6 Å². The Morgan fingerprint density at radius 2 is 1.65 bits per heavy atom. The molecule has 9 heteroatoms. The quantitative estimate of drug-likeness (QED) is 0.886. The number of alkyl halides is 3. The lowest BCUT2D eigenvalue weighted by atomic mass is 10.1. The van der Waals surface area contributed by atoms with E-state index in [1.54, 1.807) is 24.3 Å². The van der Waals surface area contributed by atoms with Gasteiger partial charge >= 0.3 is 6.18 Å². The van der Waals surface area contributed by atoms with Gasteiger partial charge in [-0.2, -0.15) is 13.2 Å². The Labute approximate surface area is 149 Å². The summed E-state index contributed by atoms with van der Waals surface area (Å²) in [7, 11) is -3.88. The third-order valence-corrected chi connectivity index (χ3v) is 4.98. The maximum Gasteiger partial charge on any atom is 0.412 e. The molecule has 0 aliphatic carbocycles. The molecule has 0 radical (unpaired) electrons. The number of sulfonamides is 1. The van der Waals surface area contributed by atoms with Crippen molar-refractivity contribution in [2.75, 3.05) is 11.4 Å². The van der Waals surface area contributed by atoms with Crippen LogP contribution in [-0.4, -0.2) is 33.0 Å². The Hall–Kier alpha value is -2.39. The average Bonchev–Trinajstić information content (AvgIpc) is 3.00. The van der Waals surface area contributed by atoms with Gasteiger partial charge in [-0.05, 0) is 31.2 Å². The second-order valence-corrected chi connectivity index (χ2v) is 7.59. The summed E-state index contributed by atoms with van der Waals surface area (Å²) in [6.45, 7) is 1.50. The van der Waals surface area contributed by atoms with Crippen molar-refractivity contribution in [2.45, 2.75) is 24.0 Å². The fourth-order valence-electron chi connectivity index (χ4n) is 2.67. The van der Waals surface area contributed by atoms with Crippen LogP contribution >= 0.6 is 0 Å². The van der Waals surface area contributed by atoms with Crippen LogP contribution in [0.3, 0.4) is 0 Å². The summed E-state index contributed by atoms with van der Waals surface area (Å²) in [5.74, 6) is 0.190. The van der Waals surface area contributed by atoms with Gasteiger partial charge in [-0.25, -0.2) is 13.6 Å². The first kappa shape index (κ1) is 18.4. The van der Waals surface area contributed by atoms with Crippen LogP contribution in [-0.2, 0) is 10.0 Å². The number of amidine groups is 1. The number of nitrogens with two attached hydrogens (primary N) is 1. The van der Waals surface area contributed by atoms with Crippen molar-refractivity contribution >= 4 is 21.5 Å². The lowest BCUT2D eigenvalue weighted by molar-refractivity contribution is -0.142. The third-order valence-electron chi connectivity index (χ3n) is 4.05. The predicted molar refractivity (Wildman–Crippen MR) is 92.7 cm³/mol. The van der Waals surface area contributed by atoms with Crippen LogP contribution in [0.5, 0.6) is 0 Å². The SMILES string of the molecule is Cc1ccc(C2=NC(C(F)(F)F)CN2c2ccc(S(N)(=O)=O)cc2)cc1. The fourth-order valence-corrected chi connectivity index (χ4v) is 3.19. The monoisotopic (exact) mass is 383 g/mol. The first-order valence-corrected chi connectivity index (χ1v) is 9.22. The highest BCUT2D eigenvalue weighted by Gasteiger charge is 2.45. The van der Waals surface area contributed by atoms with Crippen molar-refractivity contribution in [1.29, 1.82) is 0 Å². The predicted octanol–water partition coefficient (Wildman–Crippen LogP) is 2.84.